The molecule has 112 valence electrons. The molecule has 0 spiro atoms. The molecule has 1 aromatic rings. The van der Waals surface area contributed by atoms with Crippen LogP contribution in [0.15, 0.2) is 35.9 Å². The first-order chi connectivity index (χ1) is 10.1. The molecule has 1 aliphatic rings. The van der Waals surface area contributed by atoms with Gasteiger partial charge in [0, 0.05) is 32.2 Å². The lowest BCUT2D eigenvalue weighted by Gasteiger charge is -2.39. The number of nitrogens with zero attached hydrogens (tertiary/aromatic N) is 3. The molecule has 21 heavy (non-hydrogen) atoms. The van der Waals surface area contributed by atoms with E-state index in [-0.39, 0.29) is 23.4 Å². The van der Waals surface area contributed by atoms with Crippen LogP contribution in [-0.2, 0) is 4.79 Å². The number of hydrogen-bond donors (Lipinski definition) is 0. The van der Waals surface area contributed by atoms with E-state index in [1.807, 2.05) is 0 Å². The summed E-state index contributed by atoms with van der Waals surface area (Å²) in [6.07, 6.45) is 3.36. The average Bonchev–Trinajstić information content (AvgIpc) is 2.83. The first kappa shape index (κ1) is 15.0. The fourth-order valence-corrected chi connectivity index (χ4v) is 2.25. The van der Waals surface area contributed by atoms with Crippen LogP contribution in [0, 0.1) is 12.8 Å². The second kappa shape index (κ2) is 6.39. The van der Waals surface area contributed by atoms with Gasteiger partial charge in [0.15, 0.2) is 5.69 Å². The number of likely N-dealkylation sites (tertiary alicyclic amines) is 1. The van der Waals surface area contributed by atoms with Crippen LogP contribution >= 0.6 is 0 Å². The van der Waals surface area contributed by atoms with Gasteiger partial charge in [-0.05, 0) is 6.92 Å². The molecule has 1 aliphatic heterocycles. The largest absolute Gasteiger partial charge is 0.361 e. The highest BCUT2D eigenvalue weighted by Gasteiger charge is 2.38. The van der Waals surface area contributed by atoms with Gasteiger partial charge in [-0.2, -0.15) is 0 Å². The van der Waals surface area contributed by atoms with Crippen LogP contribution in [0.4, 0.5) is 0 Å². The van der Waals surface area contributed by atoms with Gasteiger partial charge in [0.05, 0.1) is 5.92 Å². The maximum Gasteiger partial charge on any atom is 0.276 e. The van der Waals surface area contributed by atoms with E-state index in [4.69, 9.17) is 4.52 Å². The maximum absolute atomic E-state index is 12.3. The highest BCUT2D eigenvalue weighted by atomic mass is 16.5. The number of carbonyl (C=O) groups excluding carboxylic acids is 2. The monoisotopic (exact) mass is 289 g/mol. The predicted molar refractivity (Wildman–Crippen MR) is 77.6 cm³/mol. The smallest absolute Gasteiger partial charge is 0.276 e. The summed E-state index contributed by atoms with van der Waals surface area (Å²) >= 11 is 0. The molecule has 0 radical (unpaired) electrons. The molecule has 0 saturated carbocycles. The quantitative estimate of drug-likeness (QED) is 0.739. The molecule has 0 atom stereocenters. The Morgan fingerprint density at radius 3 is 2.52 bits per heavy atom. The highest BCUT2D eigenvalue weighted by Crippen LogP contribution is 2.21. The number of hydrogen-bond acceptors (Lipinski definition) is 4. The van der Waals surface area contributed by atoms with Gasteiger partial charge in [-0.25, -0.2) is 0 Å². The van der Waals surface area contributed by atoms with Crippen molar-refractivity contribution in [2.24, 2.45) is 5.92 Å². The van der Waals surface area contributed by atoms with E-state index in [9.17, 15) is 9.59 Å². The highest BCUT2D eigenvalue weighted by molar-refractivity contribution is 5.94. The minimum atomic E-state index is -0.199. The summed E-state index contributed by atoms with van der Waals surface area (Å²) in [5.74, 6) is 0.251. The first-order valence-electron chi connectivity index (χ1n) is 6.80. The van der Waals surface area contributed by atoms with Crippen molar-refractivity contribution in [2.75, 3.05) is 26.2 Å². The van der Waals surface area contributed by atoms with Crippen molar-refractivity contribution in [3.05, 3.63) is 42.8 Å². The zero-order valence-corrected chi connectivity index (χ0v) is 12.1. The van der Waals surface area contributed by atoms with Crippen LogP contribution in [0.2, 0.25) is 0 Å². The zero-order chi connectivity index (χ0) is 15.4. The molecule has 0 aliphatic carbocycles. The van der Waals surface area contributed by atoms with Gasteiger partial charge in [0.1, 0.15) is 5.76 Å². The summed E-state index contributed by atoms with van der Waals surface area (Å²) in [5, 5.41) is 3.69. The van der Waals surface area contributed by atoms with E-state index < -0.39 is 0 Å². The normalized spacial score (nSPS) is 14.4. The lowest BCUT2D eigenvalue weighted by atomic mass is 9.97. The van der Waals surface area contributed by atoms with E-state index in [1.165, 1.54) is 0 Å². The van der Waals surface area contributed by atoms with Crippen molar-refractivity contribution < 1.29 is 14.1 Å². The summed E-state index contributed by atoms with van der Waals surface area (Å²) < 4.78 is 4.89. The van der Waals surface area contributed by atoms with Gasteiger partial charge >= 0.3 is 0 Å². The minimum Gasteiger partial charge on any atom is -0.361 e. The molecule has 2 heterocycles. The minimum absolute atomic E-state index is 0.0233. The Morgan fingerprint density at radius 1 is 1.43 bits per heavy atom. The second-order valence-electron chi connectivity index (χ2n) is 5.05. The van der Waals surface area contributed by atoms with Crippen LogP contribution in [0.25, 0.3) is 0 Å². The van der Waals surface area contributed by atoms with Crippen LogP contribution in [-0.4, -0.2) is 52.9 Å². The third kappa shape index (κ3) is 3.21. The maximum atomic E-state index is 12.3. The van der Waals surface area contributed by atoms with Crippen molar-refractivity contribution in [1.82, 2.24) is 15.0 Å². The van der Waals surface area contributed by atoms with Crippen molar-refractivity contribution in [3.8, 4) is 0 Å². The van der Waals surface area contributed by atoms with Gasteiger partial charge < -0.3 is 14.3 Å². The van der Waals surface area contributed by atoms with Crippen LogP contribution in [0.5, 0.6) is 0 Å². The molecular formula is C15H19N3O3. The van der Waals surface area contributed by atoms with Crippen molar-refractivity contribution >= 4 is 11.8 Å². The summed E-state index contributed by atoms with van der Waals surface area (Å²) in [6, 6.07) is 1.60. The molecule has 6 nitrogen and oxygen atoms in total. The Balaban J connectivity index is 1.90. The zero-order valence-electron chi connectivity index (χ0n) is 12.1. The molecule has 0 N–H and O–H groups in total. The van der Waals surface area contributed by atoms with E-state index in [0.717, 1.165) is 0 Å². The Labute approximate surface area is 123 Å². The van der Waals surface area contributed by atoms with Crippen LogP contribution < -0.4 is 0 Å². The third-order valence-electron chi connectivity index (χ3n) is 3.38. The second-order valence-corrected chi connectivity index (χ2v) is 5.05. The molecule has 2 rings (SSSR count). The van der Waals surface area contributed by atoms with Gasteiger partial charge in [0.2, 0.25) is 5.91 Å². The molecule has 1 aromatic heterocycles. The Morgan fingerprint density at radius 2 is 2.05 bits per heavy atom. The summed E-state index contributed by atoms with van der Waals surface area (Å²) in [7, 11) is 0. The summed E-state index contributed by atoms with van der Waals surface area (Å²) in [5.41, 5.74) is 0.285. The van der Waals surface area contributed by atoms with Gasteiger partial charge in [0.25, 0.3) is 5.91 Å². The van der Waals surface area contributed by atoms with Crippen molar-refractivity contribution in [2.45, 2.75) is 6.92 Å². The van der Waals surface area contributed by atoms with Crippen molar-refractivity contribution in [1.29, 1.82) is 0 Å². The van der Waals surface area contributed by atoms with E-state index in [2.05, 4.69) is 18.3 Å². The summed E-state index contributed by atoms with van der Waals surface area (Å²) in [6.45, 7) is 10.8. The lowest BCUT2D eigenvalue weighted by molar-refractivity contribution is -0.138. The number of carbonyl (C=O) groups is 2. The number of aromatic nitrogens is 1. The van der Waals surface area contributed by atoms with Crippen molar-refractivity contribution in [3.63, 3.8) is 0 Å². The molecule has 2 amide bonds. The van der Waals surface area contributed by atoms with Crippen LogP contribution in [0.3, 0.4) is 0 Å². The van der Waals surface area contributed by atoms with E-state index >= 15 is 0 Å². The molecule has 1 saturated heterocycles. The van der Waals surface area contributed by atoms with Crippen LogP contribution in [0.1, 0.15) is 16.2 Å². The fourth-order valence-electron chi connectivity index (χ4n) is 2.25. The first-order valence-corrected chi connectivity index (χ1v) is 6.80. The predicted octanol–water partition coefficient (Wildman–Crippen LogP) is 1.26. The number of aryl methyl sites for hydroxylation is 1. The lowest BCUT2D eigenvalue weighted by Crippen LogP contribution is -2.56. The summed E-state index contributed by atoms with van der Waals surface area (Å²) in [4.78, 5) is 27.6. The third-order valence-corrected chi connectivity index (χ3v) is 3.38. The Bertz CT molecular complexity index is 548. The Hall–Kier alpha value is -2.37. The Kier molecular flexibility index (Phi) is 4.57. The number of amides is 2. The standard InChI is InChI=1S/C15H19N3O3/c1-4-6-17(7-5-2)14(19)12-9-18(10-12)15(20)13-8-11(3)21-16-13/h4-5,8,12H,1-2,6-7,9-10H2,3H3. The molecule has 6 heteroatoms. The molecule has 0 unspecified atom stereocenters. The molecule has 1 fully saturated rings. The SMILES string of the molecule is C=CCN(CC=C)C(=O)C1CN(C(=O)c2cc(C)on2)C1. The van der Waals surface area contributed by atoms with Gasteiger partial charge in [-0.15, -0.1) is 13.2 Å². The average molecular weight is 289 g/mol. The van der Waals surface area contributed by atoms with E-state index in [0.29, 0.717) is 31.9 Å². The molecule has 0 bridgehead atoms. The van der Waals surface area contributed by atoms with Gasteiger partial charge in [-0.3, -0.25) is 9.59 Å². The number of rotatable bonds is 6. The molecular weight excluding hydrogens is 270 g/mol. The molecule has 0 aromatic carbocycles. The topological polar surface area (TPSA) is 66.7 Å². The fraction of sp³-hybridized carbons (Fsp3) is 0.400. The van der Waals surface area contributed by atoms with Gasteiger partial charge in [-0.1, -0.05) is 17.3 Å². The van der Waals surface area contributed by atoms with E-state index in [1.54, 1.807) is 34.9 Å².